The predicted octanol–water partition coefficient (Wildman–Crippen LogP) is 3.87. The lowest BCUT2D eigenvalue weighted by Crippen LogP contribution is -2.37. The summed E-state index contributed by atoms with van der Waals surface area (Å²) in [5, 5.41) is 0. The molecule has 0 aromatic heterocycles. The number of allylic oxidation sites excluding steroid dienone is 2. The van der Waals surface area contributed by atoms with E-state index in [1.807, 2.05) is 0 Å². The highest BCUT2D eigenvalue weighted by molar-refractivity contribution is 5.72. The molecule has 3 nitrogen and oxygen atoms in total. The summed E-state index contributed by atoms with van der Waals surface area (Å²) >= 11 is 0. The molecule has 0 N–H and O–H groups in total. The van der Waals surface area contributed by atoms with Gasteiger partial charge in [0, 0.05) is 5.41 Å². The van der Waals surface area contributed by atoms with Gasteiger partial charge < -0.3 is 9.47 Å². The Bertz CT molecular complexity index is 434. The molecule has 2 aliphatic carbocycles. The van der Waals surface area contributed by atoms with Crippen molar-refractivity contribution in [1.82, 2.24) is 0 Å². The highest BCUT2D eigenvalue weighted by atomic mass is 16.6. The molecule has 3 aliphatic rings. The zero-order valence-corrected chi connectivity index (χ0v) is 13.6. The third-order valence-corrected chi connectivity index (χ3v) is 6.09. The second kappa shape index (κ2) is 5.42. The van der Waals surface area contributed by atoms with Gasteiger partial charge in [0.25, 0.3) is 0 Å². The monoisotopic (exact) mass is 292 g/mol. The predicted molar refractivity (Wildman–Crippen MR) is 81.8 cm³/mol. The average molecular weight is 292 g/mol. The topological polar surface area (TPSA) is 38.8 Å². The molecule has 0 aromatic rings. The van der Waals surface area contributed by atoms with Crippen molar-refractivity contribution in [3.8, 4) is 0 Å². The Balaban J connectivity index is 1.47. The molecule has 0 bridgehead atoms. The fourth-order valence-corrected chi connectivity index (χ4v) is 3.99. The van der Waals surface area contributed by atoms with E-state index in [9.17, 15) is 4.79 Å². The molecule has 21 heavy (non-hydrogen) atoms. The van der Waals surface area contributed by atoms with Crippen LogP contribution in [-0.2, 0) is 14.3 Å². The zero-order chi connectivity index (χ0) is 15.1. The van der Waals surface area contributed by atoms with Gasteiger partial charge in [-0.2, -0.15) is 0 Å². The van der Waals surface area contributed by atoms with E-state index in [1.54, 1.807) is 0 Å². The van der Waals surface area contributed by atoms with Crippen LogP contribution in [0.2, 0.25) is 0 Å². The van der Waals surface area contributed by atoms with E-state index in [0.717, 1.165) is 19.3 Å². The van der Waals surface area contributed by atoms with Crippen molar-refractivity contribution in [1.29, 1.82) is 0 Å². The normalized spacial score (nSPS) is 38.4. The van der Waals surface area contributed by atoms with Crippen LogP contribution in [0.4, 0.5) is 0 Å². The third kappa shape index (κ3) is 2.77. The van der Waals surface area contributed by atoms with Gasteiger partial charge in [0.1, 0.15) is 12.7 Å². The van der Waals surface area contributed by atoms with E-state index in [4.69, 9.17) is 9.47 Å². The summed E-state index contributed by atoms with van der Waals surface area (Å²) < 4.78 is 11.4. The zero-order valence-electron chi connectivity index (χ0n) is 13.6. The van der Waals surface area contributed by atoms with E-state index >= 15 is 0 Å². The second-order valence-corrected chi connectivity index (χ2v) is 7.81. The Kier molecular flexibility index (Phi) is 3.89. The van der Waals surface area contributed by atoms with E-state index in [0.29, 0.717) is 6.61 Å². The molecule has 0 radical (unpaired) electrons. The van der Waals surface area contributed by atoms with Crippen LogP contribution in [0.5, 0.6) is 0 Å². The number of esters is 1. The molecule has 3 heteroatoms. The lowest BCUT2D eigenvalue weighted by Gasteiger charge is -2.37. The van der Waals surface area contributed by atoms with E-state index < -0.39 is 0 Å². The quantitative estimate of drug-likeness (QED) is 0.448. The Labute approximate surface area is 128 Å². The number of carbonyl (C=O) groups excluding carboxylic acids is 1. The fourth-order valence-electron chi connectivity index (χ4n) is 3.99. The van der Waals surface area contributed by atoms with Gasteiger partial charge in [0.05, 0.1) is 12.0 Å². The molecule has 0 aromatic carbocycles. The number of hydrogen-bond acceptors (Lipinski definition) is 3. The largest absolute Gasteiger partial charge is 0.463 e. The highest BCUT2D eigenvalue weighted by Gasteiger charge is 2.59. The first kappa shape index (κ1) is 15.1. The summed E-state index contributed by atoms with van der Waals surface area (Å²) in [5.41, 5.74) is 0.286. The van der Waals surface area contributed by atoms with Crippen LogP contribution in [0.3, 0.4) is 0 Å². The maximum absolute atomic E-state index is 12.1. The molecular weight excluding hydrogens is 264 g/mol. The van der Waals surface area contributed by atoms with E-state index in [1.165, 1.54) is 19.3 Å². The molecule has 3 atom stereocenters. The van der Waals surface area contributed by atoms with Crippen LogP contribution in [0.15, 0.2) is 12.2 Å². The SMILES string of the molecule is CC1(C)C=CC[C@]1(C)[C@@H]1OC1COC(=O)C1CCCCC1. The molecule has 118 valence electrons. The van der Waals surface area contributed by atoms with Crippen LogP contribution in [0.25, 0.3) is 0 Å². The molecular formula is C18H28O3. The van der Waals surface area contributed by atoms with Gasteiger partial charge in [0.2, 0.25) is 0 Å². The summed E-state index contributed by atoms with van der Waals surface area (Å²) in [4.78, 5) is 12.1. The smallest absolute Gasteiger partial charge is 0.309 e. The van der Waals surface area contributed by atoms with Gasteiger partial charge >= 0.3 is 5.97 Å². The van der Waals surface area contributed by atoms with Gasteiger partial charge in [-0.25, -0.2) is 0 Å². The molecule has 1 heterocycles. The van der Waals surface area contributed by atoms with Crippen LogP contribution in [0, 0.1) is 16.7 Å². The van der Waals surface area contributed by atoms with Crippen molar-refractivity contribution in [3.05, 3.63) is 12.2 Å². The molecule has 3 rings (SSSR count). The number of epoxide rings is 1. The van der Waals surface area contributed by atoms with Crippen molar-refractivity contribution in [3.63, 3.8) is 0 Å². The first-order chi connectivity index (χ1) is 9.94. The maximum atomic E-state index is 12.1. The van der Waals surface area contributed by atoms with Crippen LogP contribution >= 0.6 is 0 Å². The summed E-state index contributed by atoms with van der Waals surface area (Å²) in [6, 6.07) is 0. The molecule has 1 saturated heterocycles. The van der Waals surface area contributed by atoms with E-state index in [-0.39, 0.29) is 34.9 Å². The summed E-state index contributed by atoms with van der Waals surface area (Å²) in [6.45, 7) is 7.26. The minimum atomic E-state index is -0.00193. The van der Waals surface area contributed by atoms with Crippen LogP contribution in [0.1, 0.15) is 59.3 Å². The molecule has 0 amide bonds. The van der Waals surface area contributed by atoms with Crippen molar-refractivity contribution >= 4 is 5.97 Å². The summed E-state index contributed by atoms with van der Waals surface area (Å²) in [6.07, 6.45) is 11.5. The molecule has 2 fully saturated rings. The lowest BCUT2D eigenvalue weighted by molar-refractivity contribution is -0.150. The van der Waals surface area contributed by atoms with Crippen molar-refractivity contribution in [2.45, 2.75) is 71.5 Å². The van der Waals surface area contributed by atoms with Gasteiger partial charge in [-0.05, 0) is 24.7 Å². The number of rotatable bonds is 4. The van der Waals surface area contributed by atoms with Crippen molar-refractivity contribution < 1.29 is 14.3 Å². The van der Waals surface area contributed by atoms with Crippen LogP contribution < -0.4 is 0 Å². The first-order valence-corrected chi connectivity index (χ1v) is 8.44. The summed E-state index contributed by atoms with van der Waals surface area (Å²) in [5.74, 6) is 0.133. The minimum absolute atomic E-state index is 0.00193. The number of carbonyl (C=O) groups is 1. The Morgan fingerprint density at radius 3 is 2.57 bits per heavy atom. The second-order valence-electron chi connectivity index (χ2n) is 7.81. The lowest BCUT2D eigenvalue weighted by atomic mass is 9.66. The number of hydrogen-bond donors (Lipinski definition) is 0. The minimum Gasteiger partial charge on any atom is -0.463 e. The molecule has 1 aliphatic heterocycles. The van der Waals surface area contributed by atoms with Crippen molar-refractivity contribution in [2.24, 2.45) is 16.7 Å². The fraction of sp³-hybridized carbons (Fsp3) is 0.833. The summed E-state index contributed by atoms with van der Waals surface area (Å²) in [7, 11) is 0. The number of ether oxygens (including phenoxy) is 2. The van der Waals surface area contributed by atoms with Gasteiger partial charge in [-0.1, -0.05) is 52.2 Å². The van der Waals surface area contributed by atoms with Crippen LogP contribution in [-0.4, -0.2) is 24.8 Å². The van der Waals surface area contributed by atoms with Gasteiger partial charge in [0.15, 0.2) is 0 Å². The Morgan fingerprint density at radius 2 is 1.95 bits per heavy atom. The molecule has 0 spiro atoms. The Hall–Kier alpha value is -0.830. The Morgan fingerprint density at radius 1 is 1.24 bits per heavy atom. The average Bonchev–Trinajstić information content (AvgIpc) is 3.19. The van der Waals surface area contributed by atoms with Gasteiger partial charge in [-0.3, -0.25) is 4.79 Å². The molecule has 1 unspecified atom stereocenters. The highest BCUT2D eigenvalue weighted by Crippen LogP contribution is 2.56. The first-order valence-electron chi connectivity index (χ1n) is 8.44. The van der Waals surface area contributed by atoms with Gasteiger partial charge in [-0.15, -0.1) is 0 Å². The maximum Gasteiger partial charge on any atom is 0.309 e. The standard InChI is InChI=1S/C18H28O3/c1-17(2)10-7-11-18(17,3)15-14(21-15)12-20-16(19)13-8-5-4-6-9-13/h7,10,13-15H,4-6,8-9,11-12H2,1-3H3/t14?,15-,18-/m1/s1. The third-order valence-electron chi connectivity index (χ3n) is 6.09. The van der Waals surface area contributed by atoms with Crippen molar-refractivity contribution in [2.75, 3.05) is 6.61 Å². The molecule has 1 saturated carbocycles. The van der Waals surface area contributed by atoms with E-state index in [2.05, 4.69) is 32.9 Å².